The van der Waals surface area contributed by atoms with E-state index in [0.29, 0.717) is 22.3 Å². The lowest BCUT2D eigenvalue weighted by molar-refractivity contribution is 0.408. The molecule has 0 atom stereocenters. The molecule has 0 spiro atoms. The number of imidazole rings is 1. The lowest BCUT2D eigenvalue weighted by Crippen LogP contribution is -2.19. The van der Waals surface area contributed by atoms with Crippen LogP contribution in [0.4, 0.5) is 5.69 Å². The fourth-order valence-corrected chi connectivity index (χ4v) is 4.75. The Morgan fingerprint density at radius 1 is 0.889 bits per heavy atom. The Balaban J connectivity index is 2.12. The van der Waals surface area contributed by atoms with Crippen molar-refractivity contribution < 1.29 is 13.2 Å². The lowest BCUT2D eigenvalue weighted by atomic mass is 10.1. The van der Waals surface area contributed by atoms with Crippen molar-refractivity contribution in [1.29, 1.82) is 0 Å². The van der Waals surface area contributed by atoms with Crippen LogP contribution in [0.2, 0.25) is 0 Å². The van der Waals surface area contributed by atoms with Gasteiger partial charge in [-0.15, -0.1) is 0 Å². The van der Waals surface area contributed by atoms with Gasteiger partial charge in [0.1, 0.15) is 5.75 Å². The molecule has 7 nitrogen and oxygen atoms in total. The molecular weight excluding hydrogens is 366 g/mol. The Bertz CT molecular complexity index is 1200. The van der Waals surface area contributed by atoms with E-state index in [1.54, 1.807) is 46.3 Å². The molecule has 0 saturated heterocycles. The number of anilines is 1. The van der Waals surface area contributed by atoms with Crippen molar-refractivity contribution in [3.05, 3.63) is 51.4 Å². The van der Waals surface area contributed by atoms with Gasteiger partial charge in [0.2, 0.25) is 0 Å². The SMILES string of the molecule is COc1c(C)cc(NS(=O)(=O)c2cc3c(cc2C)n(C)c(=O)n3C)cc1C. The number of benzene rings is 2. The highest BCUT2D eigenvalue weighted by Crippen LogP contribution is 2.29. The van der Waals surface area contributed by atoms with Crippen molar-refractivity contribution in [2.24, 2.45) is 14.1 Å². The standard InChI is InChI=1S/C19H23N3O4S/c1-11-9-15-16(22(5)19(23)21(15)4)10-17(11)27(24,25)20-14-7-12(2)18(26-6)13(3)8-14/h7-10,20H,1-6H3. The van der Waals surface area contributed by atoms with E-state index in [2.05, 4.69) is 4.72 Å². The monoisotopic (exact) mass is 389 g/mol. The molecule has 1 heterocycles. The zero-order valence-electron chi connectivity index (χ0n) is 16.2. The lowest BCUT2D eigenvalue weighted by Gasteiger charge is -2.14. The van der Waals surface area contributed by atoms with Crippen molar-refractivity contribution in [1.82, 2.24) is 9.13 Å². The van der Waals surface area contributed by atoms with Crippen molar-refractivity contribution in [2.45, 2.75) is 25.7 Å². The first-order valence-electron chi connectivity index (χ1n) is 8.41. The summed E-state index contributed by atoms with van der Waals surface area (Å²) in [4.78, 5) is 12.3. The van der Waals surface area contributed by atoms with Gasteiger partial charge < -0.3 is 4.74 Å². The Hall–Kier alpha value is -2.74. The fraction of sp³-hybridized carbons (Fsp3) is 0.316. The maximum absolute atomic E-state index is 13.0. The maximum atomic E-state index is 13.0. The van der Waals surface area contributed by atoms with Crippen LogP contribution in [0.3, 0.4) is 0 Å². The van der Waals surface area contributed by atoms with E-state index in [1.807, 2.05) is 13.8 Å². The molecule has 144 valence electrons. The zero-order chi connectivity index (χ0) is 20.1. The summed E-state index contributed by atoms with van der Waals surface area (Å²) in [5.41, 5.74) is 3.77. The summed E-state index contributed by atoms with van der Waals surface area (Å²) < 4.78 is 36.9. The molecule has 0 fully saturated rings. The van der Waals surface area contributed by atoms with E-state index in [1.165, 1.54) is 15.2 Å². The number of nitrogens with zero attached hydrogens (tertiary/aromatic N) is 2. The summed E-state index contributed by atoms with van der Waals surface area (Å²) in [6, 6.07) is 6.72. The van der Waals surface area contributed by atoms with Crippen LogP contribution < -0.4 is 15.1 Å². The van der Waals surface area contributed by atoms with Crippen LogP contribution >= 0.6 is 0 Å². The third kappa shape index (κ3) is 3.10. The fourth-order valence-electron chi connectivity index (χ4n) is 3.46. The Morgan fingerprint density at radius 3 is 1.93 bits per heavy atom. The third-order valence-electron chi connectivity index (χ3n) is 4.77. The van der Waals surface area contributed by atoms with Gasteiger partial charge in [0.05, 0.1) is 23.0 Å². The Labute approximate surface area is 158 Å². The molecule has 0 aliphatic heterocycles. The zero-order valence-corrected chi connectivity index (χ0v) is 17.1. The summed E-state index contributed by atoms with van der Waals surface area (Å²) in [5, 5.41) is 0. The van der Waals surface area contributed by atoms with E-state index < -0.39 is 10.0 Å². The van der Waals surface area contributed by atoms with Crippen molar-refractivity contribution in [3.8, 4) is 5.75 Å². The van der Waals surface area contributed by atoms with Gasteiger partial charge in [-0.3, -0.25) is 13.9 Å². The second kappa shape index (κ2) is 6.45. The molecule has 1 N–H and O–H groups in total. The second-order valence-electron chi connectivity index (χ2n) is 6.76. The van der Waals surface area contributed by atoms with Gasteiger partial charge in [-0.25, -0.2) is 13.2 Å². The molecule has 1 aromatic heterocycles. The average molecular weight is 389 g/mol. The number of ether oxygens (including phenoxy) is 1. The highest BCUT2D eigenvalue weighted by molar-refractivity contribution is 7.92. The van der Waals surface area contributed by atoms with Gasteiger partial charge in [-0.05, 0) is 61.7 Å². The van der Waals surface area contributed by atoms with Gasteiger partial charge >= 0.3 is 5.69 Å². The van der Waals surface area contributed by atoms with Crippen molar-refractivity contribution >= 4 is 26.7 Å². The van der Waals surface area contributed by atoms with Crippen molar-refractivity contribution in [3.63, 3.8) is 0 Å². The number of nitrogens with one attached hydrogen (secondary N) is 1. The van der Waals surface area contributed by atoms with Crippen LogP contribution in [-0.2, 0) is 24.1 Å². The van der Waals surface area contributed by atoms with E-state index >= 15 is 0 Å². The molecule has 0 aliphatic carbocycles. The largest absolute Gasteiger partial charge is 0.496 e. The second-order valence-corrected chi connectivity index (χ2v) is 8.41. The molecule has 8 heteroatoms. The predicted octanol–water partition coefficient (Wildman–Crippen LogP) is 2.61. The Kier molecular flexibility index (Phi) is 4.55. The molecule has 2 aromatic carbocycles. The van der Waals surface area contributed by atoms with E-state index in [0.717, 1.165) is 16.9 Å². The molecule has 0 amide bonds. The molecule has 3 aromatic rings. The number of sulfonamides is 1. The number of rotatable bonds is 4. The highest BCUT2D eigenvalue weighted by Gasteiger charge is 2.21. The number of methoxy groups -OCH3 is 1. The summed E-state index contributed by atoms with van der Waals surface area (Å²) in [7, 11) is 1.05. The van der Waals surface area contributed by atoms with E-state index in [9.17, 15) is 13.2 Å². The summed E-state index contributed by atoms with van der Waals surface area (Å²) in [5.74, 6) is 0.731. The minimum absolute atomic E-state index is 0.141. The van der Waals surface area contributed by atoms with Gasteiger partial charge in [0, 0.05) is 19.8 Å². The molecule has 0 aliphatic rings. The quantitative estimate of drug-likeness (QED) is 0.744. The van der Waals surface area contributed by atoms with Crippen LogP contribution in [0.15, 0.2) is 34.0 Å². The van der Waals surface area contributed by atoms with Crippen LogP contribution in [-0.4, -0.2) is 24.7 Å². The topological polar surface area (TPSA) is 82.3 Å². The number of hydrogen-bond donors (Lipinski definition) is 1. The average Bonchev–Trinajstić information content (AvgIpc) is 2.77. The van der Waals surface area contributed by atoms with Crippen LogP contribution in [0.1, 0.15) is 16.7 Å². The molecular formula is C19H23N3O4S. The van der Waals surface area contributed by atoms with Crippen LogP contribution in [0, 0.1) is 20.8 Å². The summed E-state index contributed by atoms with van der Waals surface area (Å²) in [6.45, 7) is 5.44. The first-order chi connectivity index (χ1) is 12.6. The number of hydrogen-bond acceptors (Lipinski definition) is 4. The van der Waals surface area contributed by atoms with Crippen LogP contribution in [0.5, 0.6) is 5.75 Å². The minimum atomic E-state index is -3.82. The first kappa shape index (κ1) is 19.0. The molecule has 27 heavy (non-hydrogen) atoms. The van der Waals surface area contributed by atoms with Crippen molar-refractivity contribution in [2.75, 3.05) is 11.8 Å². The van der Waals surface area contributed by atoms with Crippen LogP contribution in [0.25, 0.3) is 11.0 Å². The normalized spacial score (nSPS) is 11.8. The molecule has 0 bridgehead atoms. The summed E-state index contributed by atoms with van der Waals surface area (Å²) >= 11 is 0. The molecule has 0 saturated carbocycles. The van der Waals surface area contributed by atoms with E-state index in [4.69, 9.17) is 4.74 Å². The van der Waals surface area contributed by atoms with Gasteiger partial charge in [-0.1, -0.05) is 0 Å². The smallest absolute Gasteiger partial charge is 0.328 e. The first-order valence-corrected chi connectivity index (χ1v) is 9.89. The van der Waals surface area contributed by atoms with Gasteiger partial charge in [-0.2, -0.15) is 0 Å². The van der Waals surface area contributed by atoms with Gasteiger partial charge in [0.25, 0.3) is 10.0 Å². The predicted molar refractivity (Wildman–Crippen MR) is 106 cm³/mol. The summed E-state index contributed by atoms with van der Waals surface area (Å²) in [6.07, 6.45) is 0. The third-order valence-corrected chi connectivity index (χ3v) is 6.30. The minimum Gasteiger partial charge on any atom is -0.496 e. The number of aryl methyl sites for hydroxylation is 5. The highest BCUT2D eigenvalue weighted by atomic mass is 32.2. The number of fused-ring (bicyclic) bond motifs is 1. The molecule has 0 radical (unpaired) electrons. The molecule has 3 rings (SSSR count). The molecule has 0 unspecified atom stereocenters. The van der Waals surface area contributed by atoms with Gasteiger partial charge in [0.15, 0.2) is 0 Å². The maximum Gasteiger partial charge on any atom is 0.328 e. The number of aromatic nitrogens is 2. The van der Waals surface area contributed by atoms with E-state index in [-0.39, 0.29) is 10.6 Å². The Morgan fingerprint density at radius 2 is 1.41 bits per heavy atom.